The molecule has 0 aromatic heterocycles. The number of rotatable bonds is 6. The maximum Gasteiger partial charge on any atom is 0.119 e. The fourth-order valence-corrected chi connectivity index (χ4v) is 3.35. The molecule has 0 amide bonds. The van der Waals surface area contributed by atoms with E-state index in [0.29, 0.717) is 12.0 Å². The molecule has 1 aromatic rings. The van der Waals surface area contributed by atoms with Crippen molar-refractivity contribution in [1.82, 2.24) is 0 Å². The minimum Gasteiger partial charge on any atom is -0.494 e. The zero-order valence-electron chi connectivity index (χ0n) is 12.1. The van der Waals surface area contributed by atoms with Crippen LogP contribution in [0.4, 0.5) is 0 Å². The van der Waals surface area contributed by atoms with Gasteiger partial charge in [-0.25, -0.2) is 0 Å². The highest BCUT2D eigenvalue weighted by molar-refractivity contribution is 5.20. The molecule has 1 aromatic carbocycles. The highest BCUT2D eigenvalue weighted by Gasteiger charge is 2.28. The Balaban J connectivity index is 1.75. The van der Waals surface area contributed by atoms with Gasteiger partial charge in [0.05, 0.1) is 6.61 Å². The van der Waals surface area contributed by atoms with E-state index in [1.807, 2.05) is 30.3 Å². The van der Waals surface area contributed by atoms with Gasteiger partial charge in [-0.3, -0.25) is 0 Å². The van der Waals surface area contributed by atoms with Crippen LogP contribution in [0.5, 0.6) is 5.75 Å². The summed E-state index contributed by atoms with van der Waals surface area (Å²) in [4.78, 5) is 0. The van der Waals surface area contributed by atoms with Gasteiger partial charge in [0.2, 0.25) is 0 Å². The molecule has 3 atom stereocenters. The fraction of sp³-hybridized carbons (Fsp3) is 0.647. The van der Waals surface area contributed by atoms with E-state index in [4.69, 9.17) is 10.5 Å². The number of benzene rings is 1. The highest BCUT2D eigenvalue weighted by Crippen LogP contribution is 2.34. The Kier molecular flexibility index (Phi) is 5.71. The Morgan fingerprint density at radius 2 is 1.95 bits per heavy atom. The van der Waals surface area contributed by atoms with E-state index in [-0.39, 0.29) is 0 Å². The van der Waals surface area contributed by atoms with E-state index in [1.54, 1.807) is 0 Å². The van der Waals surface area contributed by atoms with E-state index in [1.165, 1.54) is 32.1 Å². The Hall–Kier alpha value is -1.02. The number of hydrogen-bond donors (Lipinski definition) is 1. The van der Waals surface area contributed by atoms with Crippen LogP contribution in [-0.2, 0) is 0 Å². The maximum absolute atomic E-state index is 6.40. The molecule has 0 aliphatic heterocycles. The molecule has 2 rings (SSSR count). The minimum absolute atomic E-state index is 0.300. The molecule has 2 nitrogen and oxygen atoms in total. The summed E-state index contributed by atoms with van der Waals surface area (Å²) in [5.74, 6) is 2.49. The Bertz CT molecular complexity index is 352. The van der Waals surface area contributed by atoms with Gasteiger partial charge in [-0.2, -0.15) is 0 Å². The normalized spacial score (nSPS) is 24.9. The first-order valence-corrected chi connectivity index (χ1v) is 7.74. The third-order valence-corrected chi connectivity index (χ3v) is 4.51. The van der Waals surface area contributed by atoms with Crippen molar-refractivity contribution < 1.29 is 4.74 Å². The largest absolute Gasteiger partial charge is 0.494 e. The van der Waals surface area contributed by atoms with Gasteiger partial charge in [-0.1, -0.05) is 50.8 Å². The summed E-state index contributed by atoms with van der Waals surface area (Å²) in [6, 6.07) is 10.3. The lowest BCUT2D eigenvalue weighted by Crippen LogP contribution is -2.38. The lowest BCUT2D eigenvalue weighted by atomic mass is 9.73. The molecular weight excluding hydrogens is 234 g/mol. The average Bonchev–Trinajstić information content (AvgIpc) is 2.48. The monoisotopic (exact) mass is 261 g/mol. The number of para-hydroxylation sites is 1. The zero-order chi connectivity index (χ0) is 13.5. The van der Waals surface area contributed by atoms with Crippen molar-refractivity contribution in [2.24, 2.45) is 17.6 Å². The summed E-state index contributed by atoms with van der Waals surface area (Å²) in [5.41, 5.74) is 6.40. The molecule has 1 fully saturated rings. The molecule has 0 heterocycles. The Morgan fingerprint density at radius 3 is 2.68 bits per heavy atom. The molecule has 0 saturated heterocycles. The first-order chi connectivity index (χ1) is 9.31. The van der Waals surface area contributed by atoms with Crippen molar-refractivity contribution in [2.45, 2.75) is 51.5 Å². The van der Waals surface area contributed by atoms with E-state index in [9.17, 15) is 0 Å². The van der Waals surface area contributed by atoms with Gasteiger partial charge in [-0.15, -0.1) is 0 Å². The van der Waals surface area contributed by atoms with E-state index in [0.717, 1.165) is 24.7 Å². The second-order valence-electron chi connectivity index (χ2n) is 5.73. The van der Waals surface area contributed by atoms with E-state index in [2.05, 4.69) is 6.92 Å². The lowest BCUT2D eigenvalue weighted by molar-refractivity contribution is 0.174. The number of ether oxygens (including phenoxy) is 1. The minimum atomic E-state index is 0.300. The van der Waals surface area contributed by atoms with Crippen LogP contribution in [0.1, 0.15) is 45.4 Å². The van der Waals surface area contributed by atoms with Crippen LogP contribution in [-0.4, -0.2) is 12.6 Å². The van der Waals surface area contributed by atoms with Crippen LogP contribution in [0.2, 0.25) is 0 Å². The predicted molar refractivity (Wildman–Crippen MR) is 80.3 cm³/mol. The molecule has 1 aliphatic rings. The molecule has 2 heteroatoms. The predicted octanol–water partition coefficient (Wildman–Crippen LogP) is 4.00. The van der Waals surface area contributed by atoms with Crippen LogP contribution in [0, 0.1) is 11.8 Å². The molecule has 3 unspecified atom stereocenters. The topological polar surface area (TPSA) is 35.2 Å². The van der Waals surface area contributed by atoms with Crippen LogP contribution < -0.4 is 10.5 Å². The summed E-state index contributed by atoms with van der Waals surface area (Å²) in [7, 11) is 0. The highest BCUT2D eigenvalue weighted by atomic mass is 16.5. The summed E-state index contributed by atoms with van der Waals surface area (Å²) >= 11 is 0. The van der Waals surface area contributed by atoms with Gasteiger partial charge in [0.1, 0.15) is 5.75 Å². The van der Waals surface area contributed by atoms with Gasteiger partial charge in [-0.05, 0) is 36.8 Å². The van der Waals surface area contributed by atoms with Crippen molar-refractivity contribution >= 4 is 0 Å². The second-order valence-corrected chi connectivity index (χ2v) is 5.73. The van der Waals surface area contributed by atoms with Crippen LogP contribution in [0.15, 0.2) is 30.3 Å². The zero-order valence-corrected chi connectivity index (χ0v) is 12.1. The molecule has 1 saturated carbocycles. The number of hydrogen-bond acceptors (Lipinski definition) is 2. The second kappa shape index (κ2) is 7.54. The summed E-state index contributed by atoms with van der Waals surface area (Å²) in [6.07, 6.45) is 7.67. The van der Waals surface area contributed by atoms with Gasteiger partial charge in [0.25, 0.3) is 0 Å². The molecule has 106 valence electrons. The SMILES string of the molecule is CCC1CCCCC1C(N)CCOc1ccccc1. The third kappa shape index (κ3) is 4.24. The van der Waals surface area contributed by atoms with Crippen LogP contribution >= 0.6 is 0 Å². The van der Waals surface area contributed by atoms with Crippen molar-refractivity contribution in [3.63, 3.8) is 0 Å². The van der Waals surface area contributed by atoms with Gasteiger partial charge >= 0.3 is 0 Å². The standard InChI is InChI=1S/C17H27NO/c1-2-14-8-6-7-11-16(14)17(18)12-13-19-15-9-4-3-5-10-15/h3-5,9-10,14,16-17H,2,6-8,11-13,18H2,1H3. The maximum atomic E-state index is 6.40. The van der Waals surface area contributed by atoms with Crippen molar-refractivity contribution in [3.8, 4) is 5.75 Å². The lowest BCUT2D eigenvalue weighted by Gasteiger charge is -2.35. The van der Waals surface area contributed by atoms with Gasteiger partial charge in [0.15, 0.2) is 0 Å². The van der Waals surface area contributed by atoms with Crippen LogP contribution in [0.25, 0.3) is 0 Å². The van der Waals surface area contributed by atoms with Crippen molar-refractivity contribution in [1.29, 1.82) is 0 Å². The Morgan fingerprint density at radius 1 is 1.21 bits per heavy atom. The quantitative estimate of drug-likeness (QED) is 0.840. The van der Waals surface area contributed by atoms with Crippen LogP contribution in [0.3, 0.4) is 0 Å². The van der Waals surface area contributed by atoms with E-state index >= 15 is 0 Å². The number of nitrogens with two attached hydrogens (primary N) is 1. The smallest absolute Gasteiger partial charge is 0.119 e. The van der Waals surface area contributed by atoms with Crippen molar-refractivity contribution in [3.05, 3.63) is 30.3 Å². The molecule has 0 radical (unpaired) electrons. The third-order valence-electron chi connectivity index (χ3n) is 4.51. The molecular formula is C17H27NO. The van der Waals surface area contributed by atoms with Gasteiger partial charge < -0.3 is 10.5 Å². The molecule has 0 bridgehead atoms. The average molecular weight is 261 g/mol. The fourth-order valence-electron chi connectivity index (χ4n) is 3.35. The summed E-state index contributed by atoms with van der Waals surface area (Å²) in [6.45, 7) is 3.04. The first-order valence-electron chi connectivity index (χ1n) is 7.74. The first kappa shape index (κ1) is 14.4. The van der Waals surface area contributed by atoms with Gasteiger partial charge in [0, 0.05) is 6.04 Å². The molecule has 1 aliphatic carbocycles. The van der Waals surface area contributed by atoms with Crippen molar-refractivity contribution in [2.75, 3.05) is 6.61 Å². The Labute approximate surface area is 117 Å². The van der Waals surface area contributed by atoms with E-state index < -0.39 is 0 Å². The molecule has 0 spiro atoms. The molecule has 19 heavy (non-hydrogen) atoms. The molecule has 2 N–H and O–H groups in total. The summed E-state index contributed by atoms with van der Waals surface area (Å²) in [5, 5.41) is 0. The summed E-state index contributed by atoms with van der Waals surface area (Å²) < 4.78 is 5.76.